The van der Waals surface area contributed by atoms with Crippen molar-refractivity contribution in [2.24, 2.45) is 5.10 Å². The molecule has 0 spiro atoms. The van der Waals surface area contributed by atoms with Crippen molar-refractivity contribution in [3.8, 4) is 0 Å². The number of carbonyl (C=O) groups is 1. The maximum Gasteiger partial charge on any atom is 0.342 e. The van der Waals surface area contributed by atoms with Crippen LogP contribution >= 0.6 is 23.2 Å². The zero-order chi connectivity index (χ0) is 10.8. The molecule has 1 aliphatic rings. The van der Waals surface area contributed by atoms with Gasteiger partial charge in [0.25, 0.3) is 0 Å². The normalized spacial score (nSPS) is 15.3. The molecule has 1 aliphatic heterocycles. The molecule has 0 saturated carbocycles. The maximum absolute atomic E-state index is 11.4. The first-order valence-corrected chi connectivity index (χ1v) is 4.99. The van der Waals surface area contributed by atoms with E-state index in [9.17, 15) is 4.79 Å². The Hall–Kier alpha value is -1.26. The zero-order valence-corrected chi connectivity index (χ0v) is 9.09. The van der Waals surface area contributed by atoms with Gasteiger partial charge in [0, 0.05) is 16.3 Å². The van der Waals surface area contributed by atoms with Crippen LogP contribution in [0, 0.1) is 0 Å². The molecule has 1 heterocycles. The number of benzene rings is 1. The van der Waals surface area contributed by atoms with E-state index < -0.39 is 0 Å². The molecule has 1 aromatic carbocycles. The highest BCUT2D eigenvalue weighted by molar-refractivity contribution is 6.35. The van der Waals surface area contributed by atoms with Crippen LogP contribution in [-0.4, -0.2) is 18.8 Å². The summed E-state index contributed by atoms with van der Waals surface area (Å²) in [4.78, 5) is 11.4. The molecule has 0 atom stereocenters. The molecule has 2 amide bonds. The van der Waals surface area contributed by atoms with Crippen molar-refractivity contribution >= 4 is 41.1 Å². The molecular weight excluding hydrogens is 237 g/mol. The predicted molar refractivity (Wildman–Crippen MR) is 60.8 cm³/mol. The predicted octanol–water partition coefficient (Wildman–Crippen LogP) is 2.51. The highest BCUT2D eigenvalue weighted by atomic mass is 35.5. The van der Waals surface area contributed by atoms with Crippen LogP contribution in [-0.2, 0) is 0 Å². The van der Waals surface area contributed by atoms with Crippen LogP contribution in [0.3, 0.4) is 0 Å². The Kier molecular flexibility index (Phi) is 2.79. The van der Waals surface area contributed by atoms with Crippen molar-refractivity contribution in [3.05, 3.63) is 28.2 Å². The molecule has 0 fully saturated rings. The maximum atomic E-state index is 11.4. The van der Waals surface area contributed by atoms with Crippen molar-refractivity contribution < 1.29 is 4.79 Å². The number of halogens is 2. The average molecular weight is 244 g/mol. The summed E-state index contributed by atoms with van der Waals surface area (Å²) in [6.45, 7) is 0.434. The van der Waals surface area contributed by atoms with Gasteiger partial charge in [-0.15, -0.1) is 0 Å². The molecule has 4 nitrogen and oxygen atoms in total. The van der Waals surface area contributed by atoms with E-state index in [-0.39, 0.29) is 6.03 Å². The second-order valence-corrected chi connectivity index (χ2v) is 3.80. The van der Waals surface area contributed by atoms with Crippen LogP contribution in [0.25, 0.3) is 0 Å². The van der Waals surface area contributed by atoms with E-state index >= 15 is 0 Å². The van der Waals surface area contributed by atoms with Crippen molar-refractivity contribution in [3.63, 3.8) is 0 Å². The van der Waals surface area contributed by atoms with Crippen LogP contribution in [0.15, 0.2) is 23.3 Å². The summed E-state index contributed by atoms with van der Waals surface area (Å²) < 4.78 is 0. The lowest BCUT2D eigenvalue weighted by Crippen LogP contribution is -2.41. The number of hydrazone groups is 1. The van der Waals surface area contributed by atoms with E-state index in [1.807, 2.05) is 0 Å². The van der Waals surface area contributed by atoms with Gasteiger partial charge in [-0.25, -0.2) is 4.79 Å². The third-order valence-corrected chi connectivity index (χ3v) is 2.26. The van der Waals surface area contributed by atoms with Gasteiger partial charge in [0.1, 0.15) is 0 Å². The minimum Gasteiger partial charge on any atom is -0.331 e. The number of anilines is 1. The van der Waals surface area contributed by atoms with Gasteiger partial charge in [-0.2, -0.15) is 10.1 Å². The molecule has 78 valence electrons. The number of urea groups is 1. The third kappa shape index (κ3) is 2.22. The lowest BCUT2D eigenvalue weighted by atomic mass is 10.3. The summed E-state index contributed by atoms with van der Waals surface area (Å²) in [6, 6.07) is 4.54. The summed E-state index contributed by atoms with van der Waals surface area (Å²) in [5.41, 5.74) is 0.543. The Morgan fingerprint density at radius 3 is 2.53 bits per heavy atom. The van der Waals surface area contributed by atoms with E-state index in [1.54, 1.807) is 24.4 Å². The molecule has 0 saturated heterocycles. The molecule has 0 radical (unpaired) electrons. The Balaban J connectivity index is 2.39. The van der Waals surface area contributed by atoms with Crippen LogP contribution in [0.2, 0.25) is 10.0 Å². The lowest BCUT2D eigenvalue weighted by Gasteiger charge is -2.20. The molecule has 6 heteroatoms. The molecular formula is C9H7Cl2N3O. The highest BCUT2D eigenvalue weighted by Gasteiger charge is 2.17. The fourth-order valence-corrected chi connectivity index (χ4v) is 1.74. The summed E-state index contributed by atoms with van der Waals surface area (Å²) in [5, 5.41) is 8.70. The van der Waals surface area contributed by atoms with Gasteiger partial charge in [0.2, 0.25) is 0 Å². The molecule has 0 bridgehead atoms. The van der Waals surface area contributed by atoms with E-state index in [0.29, 0.717) is 22.3 Å². The van der Waals surface area contributed by atoms with Crippen LogP contribution < -0.4 is 10.3 Å². The largest absolute Gasteiger partial charge is 0.342 e. The minimum atomic E-state index is -0.296. The first kappa shape index (κ1) is 10.3. The number of amides is 2. The van der Waals surface area contributed by atoms with Crippen molar-refractivity contribution in [1.29, 1.82) is 0 Å². The van der Waals surface area contributed by atoms with Gasteiger partial charge in [-0.1, -0.05) is 23.2 Å². The highest BCUT2D eigenvalue weighted by Crippen LogP contribution is 2.26. The monoisotopic (exact) mass is 243 g/mol. The quantitative estimate of drug-likeness (QED) is 0.810. The van der Waals surface area contributed by atoms with E-state index in [4.69, 9.17) is 23.2 Å². The fraction of sp³-hybridized carbons (Fsp3) is 0.111. The van der Waals surface area contributed by atoms with Crippen LogP contribution in [0.4, 0.5) is 10.5 Å². The average Bonchev–Trinajstić information content (AvgIpc) is 2.16. The molecule has 0 unspecified atom stereocenters. The summed E-state index contributed by atoms with van der Waals surface area (Å²) in [5.74, 6) is 0. The molecule has 2 rings (SSSR count). The Labute approximate surface area is 96.5 Å². The smallest absolute Gasteiger partial charge is 0.331 e. The lowest BCUT2D eigenvalue weighted by molar-refractivity contribution is 0.247. The van der Waals surface area contributed by atoms with E-state index in [2.05, 4.69) is 10.4 Å². The number of carbonyl (C=O) groups excluding carboxylic acids is 1. The number of nitrogens with one attached hydrogen (secondary N) is 1. The Morgan fingerprint density at radius 2 is 1.93 bits per heavy atom. The minimum absolute atomic E-state index is 0.296. The Morgan fingerprint density at radius 1 is 1.27 bits per heavy atom. The van der Waals surface area contributed by atoms with Gasteiger partial charge >= 0.3 is 6.03 Å². The van der Waals surface area contributed by atoms with E-state index in [1.165, 1.54) is 5.01 Å². The van der Waals surface area contributed by atoms with Gasteiger partial charge in [0.05, 0.1) is 12.2 Å². The van der Waals surface area contributed by atoms with Crippen molar-refractivity contribution in [2.45, 2.75) is 0 Å². The van der Waals surface area contributed by atoms with Crippen LogP contribution in [0.1, 0.15) is 0 Å². The fourth-order valence-electron chi connectivity index (χ4n) is 1.23. The van der Waals surface area contributed by atoms with Gasteiger partial charge in [0.15, 0.2) is 0 Å². The molecule has 1 N–H and O–H groups in total. The second-order valence-electron chi connectivity index (χ2n) is 2.92. The standard InChI is InChI=1S/C9H7Cl2N3O/c10-6-3-7(11)5-8(4-6)14-9(15)12-1-2-13-14/h2-5H,1H2,(H,12,15). The SMILES string of the molecule is O=C1NCC=NN1c1cc(Cl)cc(Cl)c1. The van der Waals surface area contributed by atoms with Gasteiger partial charge < -0.3 is 5.32 Å². The first-order valence-electron chi connectivity index (χ1n) is 4.23. The van der Waals surface area contributed by atoms with Gasteiger partial charge in [-0.05, 0) is 18.2 Å². The molecule has 1 aromatic rings. The summed E-state index contributed by atoms with van der Waals surface area (Å²) in [6.07, 6.45) is 1.59. The van der Waals surface area contributed by atoms with Crippen molar-refractivity contribution in [1.82, 2.24) is 5.32 Å². The van der Waals surface area contributed by atoms with Gasteiger partial charge in [-0.3, -0.25) is 0 Å². The second kappa shape index (κ2) is 4.08. The number of hydrogen-bond donors (Lipinski definition) is 1. The van der Waals surface area contributed by atoms with Crippen LogP contribution in [0.5, 0.6) is 0 Å². The summed E-state index contributed by atoms with van der Waals surface area (Å²) in [7, 11) is 0. The molecule has 15 heavy (non-hydrogen) atoms. The summed E-state index contributed by atoms with van der Waals surface area (Å²) >= 11 is 11.6. The number of rotatable bonds is 1. The Bertz CT molecular complexity index is 413. The molecule has 0 aliphatic carbocycles. The zero-order valence-electron chi connectivity index (χ0n) is 7.58. The third-order valence-electron chi connectivity index (χ3n) is 1.83. The number of nitrogens with zero attached hydrogens (tertiary/aromatic N) is 2. The first-order chi connectivity index (χ1) is 7.16. The van der Waals surface area contributed by atoms with Crippen molar-refractivity contribution in [2.75, 3.05) is 11.6 Å². The van der Waals surface area contributed by atoms with E-state index in [0.717, 1.165) is 0 Å². The topological polar surface area (TPSA) is 44.7 Å². The molecule has 0 aromatic heterocycles. The number of hydrogen-bond acceptors (Lipinski definition) is 2.